The second-order valence-corrected chi connectivity index (χ2v) is 4.17. The summed E-state index contributed by atoms with van der Waals surface area (Å²) in [4.78, 5) is 13.5. The third-order valence-electron chi connectivity index (χ3n) is 2.40. The van der Waals surface area contributed by atoms with Gasteiger partial charge >= 0.3 is 0 Å². The molecule has 0 radical (unpaired) electrons. The maximum absolute atomic E-state index is 11.4. The highest BCUT2D eigenvalue weighted by molar-refractivity contribution is 5.95. The minimum Gasteiger partial charge on any atom is -0.378 e. The largest absolute Gasteiger partial charge is 0.378 e. The highest BCUT2D eigenvalue weighted by atomic mass is 16.2. The maximum atomic E-state index is 11.4. The molecule has 0 aliphatic heterocycles. The molecule has 3 N–H and O–H groups in total. The van der Waals surface area contributed by atoms with Crippen LogP contribution in [0.15, 0.2) is 18.2 Å². The molecule has 0 heterocycles. The van der Waals surface area contributed by atoms with E-state index in [9.17, 15) is 4.79 Å². The topological polar surface area (TPSA) is 58.4 Å². The lowest BCUT2D eigenvalue weighted by molar-refractivity contribution is -0.117. The monoisotopic (exact) mass is 221 g/mol. The van der Waals surface area contributed by atoms with Gasteiger partial charge in [-0.3, -0.25) is 4.79 Å². The number of anilines is 2. The fourth-order valence-electron chi connectivity index (χ4n) is 1.31. The van der Waals surface area contributed by atoms with Gasteiger partial charge in [0, 0.05) is 25.5 Å². The lowest BCUT2D eigenvalue weighted by Gasteiger charge is -2.16. The van der Waals surface area contributed by atoms with Crippen molar-refractivity contribution in [2.45, 2.75) is 19.9 Å². The summed E-state index contributed by atoms with van der Waals surface area (Å²) < 4.78 is 0. The summed E-state index contributed by atoms with van der Waals surface area (Å²) in [6.07, 6.45) is 0. The van der Waals surface area contributed by atoms with Crippen molar-refractivity contribution < 1.29 is 4.79 Å². The van der Waals surface area contributed by atoms with Crippen LogP contribution in [0, 0.1) is 6.92 Å². The Kier molecular flexibility index (Phi) is 3.90. The van der Waals surface area contributed by atoms with Crippen LogP contribution in [-0.2, 0) is 4.79 Å². The molecule has 0 saturated carbocycles. The number of nitrogens with zero attached hydrogens (tertiary/aromatic N) is 1. The van der Waals surface area contributed by atoms with E-state index in [0.717, 1.165) is 16.9 Å². The summed E-state index contributed by atoms with van der Waals surface area (Å²) in [5, 5.41) is 2.79. The Morgan fingerprint density at radius 1 is 1.44 bits per heavy atom. The van der Waals surface area contributed by atoms with Crippen LogP contribution in [0.5, 0.6) is 0 Å². The Hall–Kier alpha value is -1.55. The van der Waals surface area contributed by atoms with Crippen LogP contribution in [0.3, 0.4) is 0 Å². The first-order valence-corrected chi connectivity index (χ1v) is 5.26. The molecule has 0 aliphatic carbocycles. The molecule has 0 aliphatic rings. The second kappa shape index (κ2) is 4.99. The summed E-state index contributed by atoms with van der Waals surface area (Å²) >= 11 is 0. The number of nitrogens with two attached hydrogens (primary N) is 1. The third-order valence-corrected chi connectivity index (χ3v) is 2.40. The first kappa shape index (κ1) is 12.5. The number of benzene rings is 1. The summed E-state index contributed by atoms with van der Waals surface area (Å²) in [5.74, 6) is -0.166. The van der Waals surface area contributed by atoms with Crippen LogP contribution in [0.2, 0.25) is 0 Å². The molecule has 0 aromatic heterocycles. The van der Waals surface area contributed by atoms with Gasteiger partial charge in [0.15, 0.2) is 0 Å². The van der Waals surface area contributed by atoms with Crippen molar-refractivity contribution in [3.05, 3.63) is 23.8 Å². The van der Waals surface area contributed by atoms with E-state index >= 15 is 0 Å². The van der Waals surface area contributed by atoms with Crippen LogP contribution in [0.25, 0.3) is 0 Å². The highest BCUT2D eigenvalue weighted by Crippen LogP contribution is 2.21. The minimum atomic E-state index is -0.493. The lowest BCUT2D eigenvalue weighted by atomic mass is 10.1. The van der Waals surface area contributed by atoms with Gasteiger partial charge in [-0.25, -0.2) is 0 Å². The molecule has 0 spiro atoms. The van der Waals surface area contributed by atoms with E-state index in [0.29, 0.717) is 0 Å². The Labute approximate surface area is 96.4 Å². The molecule has 0 saturated heterocycles. The predicted octanol–water partition coefficient (Wildman–Crippen LogP) is 1.35. The molecule has 0 unspecified atom stereocenters. The van der Waals surface area contributed by atoms with Crippen molar-refractivity contribution in [3.8, 4) is 0 Å². The first-order valence-electron chi connectivity index (χ1n) is 5.26. The Morgan fingerprint density at radius 3 is 2.50 bits per heavy atom. The van der Waals surface area contributed by atoms with E-state index in [1.54, 1.807) is 6.92 Å². The molecular formula is C12H19N3O. The molecule has 1 aromatic rings. The smallest absolute Gasteiger partial charge is 0.241 e. The van der Waals surface area contributed by atoms with Crippen molar-refractivity contribution in [1.29, 1.82) is 0 Å². The van der Waals surface area contributed by atoms with Gasteiger partial charge in [0.05, 0.1) is 6.04 Å². The van der Waals surface area contributed by atoms with Crippen LogP contribution in [-0.4, -0.2) is 26.0 Å². The first-order chi connectivity index (χ1) is 7.41. The highest BCUT2D eigenvalue weighted by Gasteiger charge is 2.09. The van der Waals surface area contributed by atoms with Crippen molar-refractivity contribution in [2.75, 3.05) is 24.3 Å². The number of carbonyl (C=O) groups is 1. The Morgan fingerprint density at radius 2 is 2.06 bits per heavy atom. The van der Waals surface area contributed by atoms with Crippen molar-refractivity contribution >= 4 is 17.3 Å². The van der Waals surface area contributed by atoms with Crippen molar-refractivity contribution in [1.82, 2.24) is 0 Å². The number of amides is 1. The van der Waals surface area contributed by atoms with Gasteiger partial charge in [0.1, 0.15) is 0 Å². The van der Waals surface area contributed by atoms with Crippen molar-refractivity contribution in [2.24, 2.45) is 5.73 Å². The van der Waals surface area contributed by atoms with E-state index in [4.69, 9.17) is 5.73 Å². The molecule has 88 valence electrons. The van der Waals surface area contributed by atoms with Gasteiger partial charge in [-0.15, -0.1) is 0 Å². The van der Waals surface area contributed by atoms with E-state index < -0.39 is 6.04 Å². The van der Waals surface area contributed by atoms with Gasteiger partial charge in [-0.2, -0.15) is 0 Å². The molecular weight excluding hydrogens is 202 g/mol. The quantitative estimate of drug-likeness (QED) is 0.810. The van der Waals surface area contributed by atoms with Crippen LogP contribution in [0.4, 0.5) is 11.4 Å². The van der Waals surface area contributed by atoms with Gasteiger partial charge in [0.25, 0.3) is 0 Å². The van der Waals surface area contributed by atoms with Gasteiger partial charge in [-0.05, 0) is 37.6 Å². The standard InChI is InChI=1S/C12H19N3O/c1-8-7-10(15(3)4)5-6-11(8)14-12(16)9(2)13/h5-7,9H,13H2,1-4H3,(H,14,16)/t9-/m1/s1. The maximum Gasteiger partial charge on any atom is 0.241 e. The van der Waals surface area contributed by atoms with Crippen molar-refractivity contribution in [3.63, 3.8) is 0 Å². The number of hydrogen-bond acceptors (Lipinski definition) is 3. The zero-order valence-corrected chi connectivity index (χ0v) is 10.2. The fourth-order valence-corrected chi connectivity index (χ4v) is 1.31. The molecule has 16 heavy (non-hydrogen) atoms. The van der Waals surface area contributed by atoms with E-state index in [1.807, 2.05) is 44.1 Å². The number of carbonyl (C=O) groups excluding carboxylic acids is 1. The number of aryl methyl sites for hydroxylation is 1. The average molecular weight is 221 g/mol. The Bertz CT molecular complexity index is 386. The number of hydrogen-bond donors (Lipinski definition) is 2. The van der Waals surface area contributed by atoms with Crippen LogP contribution in [0.1, 0.15) is 12.5 Å². The molecule has 1 amide bonds. The summed E-state index contributed by atoms with van der Waals surface area (Å²) in [5.41, 5.74) is 8.44. The van der Waals surface area contributed by atoms with Crippen LogP contribution >= 0.6 is 0 Å². The number of rotatable bonds is 3. The zero-order chi connectivity index (χ0) is 12.3. The van der Waals surface area contributed by atoms with Gasteiger partial charge in [0.2, 0.25) is 5.91 Å². The molecule has 4 nitrogen and oxygen atoms in total. The van der Waals surface area contributed by atoms with E-state index in [2.05, 4.69) is 5.32 Å². The SMILES string of the molecule is Cc1cc(N(C)C)ccc1NC(=O)[C@@H](C)N. The van der Waals surface area contributed by atoms with Crippen LogP contribution < -0.4 is 16.0 Å². The molecule has 4 heteroatoms. The minimum absolute atomic E-state index is 0.166. The Balaban J connectivity index is 2.87. The third kappa shape index (κ3) is 2.97. The molecule has 0 fully saturated rings. The van der Waals surface area contributed by atoms with Gasteiger partial charge < -0.3 is 16.0 Å². The summed E-state index contributed by atoms with van der Waals surface area (Å²) in [6, 6.07) is 5.39. The normalized spacial score (nSPS) is 12.1. The average Bonchev–Trinajstić information content (AvgIpc) is 2.20. The lowest BCUT2D eigenvalue weighted by Crippen LogP contribution is -2.32. The number of nitrogens with one attached hydrogen (secondary N) is 1. The zero-order valence-electron chi connectivity index (χ0n) is 10.2. The molecule has 0 bridgehead atoms. The second-order valence-electron chi connectivity index (χ2n) is 4.17. The molecule has 1 aromatic carbocycles. The molecule has 1 atom stereocenters. The summed E-state index contributed by atoms with van der Waals surface area (Å²) in [7, 11) is 3.96. The predicted molar refractivity (Wildman–Crippen MR) is 67.8 cm³/mol. The van der Waals surface area contributed by atoms with E-state index in [-0.39, 0.29) is 5.91 Å². The van der Waals surface area contributed by atoms with E-state index in [1.165, 1.54) is 0 Å². The summed E-state index contributed by atoms with van der Waals surface area (Å²) in [6.45, 7) is 3.63. The molecule has 1 rings (SSSR count). The fraction of sp³-hybridized carbons (Fsp3) is 0.417. The van der Waals surface area contributed by atoms with Gasteiger partial charge in [-0.1, -0.05) is 0 Å².